The molecule has 0 radical (unpaired) electrons. The molecular formula is C15H21NO3S. The van der Waals surface area contributed by atoms with Gasteiger partial charge in [0.05, 0.1) is 18.0 Å². The van der Waals surface area contributed by atoms with Gasteiger partial charge in [0.15, 0.2) is 0 Å². The molecule has 20 heavy (non-hydrogen) atoms. The average molecular weight is 295 g/mol. The van der Waals surface area contributed by atoms with Crippen molar-refractivity contribution in [1.29, 1.82) is 0 Å². The van der Waals surface area contributed by atoms with E-state index in [1.54, 1.807) is 0 Å². The number of esters is 1. The van der Waals surface area contributed by atoms with Gasteiger partial charge in [0.25, 0.3) is 0 Å². The molecule has 0 saturated heterocycles. The van der Waals surface area contributed by atoms with Crippen LogP contribution in [0.5, 0.6) is 0 Å². The Bertz CT molecular complexity index is 496. The summed E-state index contributed by atoms with van der Waals surface area (Å²) in [5.41, 5.74) is 1.41. The highest BCUT2D eigenvalue weighted by atomic mass is 32.2. The van der Waals surface area contributed by atoms with E-state index < -0.39 is 17.0 Å². The van der Waals surface area contributed by atoms with E-state index in [2.05, 4.69) is 16.0 Å². The van der Waals surface area contributed by atoms with Crippen LogP contribution >= 0.6 is 0 Å². The predicted molar refractivity (Wildman–Crippen MR) is 80.6 cm³/mol. The van der Waals surface area contributed by atoms with Gasteiger partial charge < -0.3 is 4.74 Å². The fourth-order valence-electron chi connectivity index (χ4n) is 1.73. The largest absolute Gasteiger partial charge is 0.466 e. The van der Waals surface area contributed by atoms with Crippen LogP contribution in [-0.4, -0.2) is 23.3 Å². The van der Waals surface area contributed by atoms with Crippen LogP contribution in [0.4, 0.5) is 0 Å². The SMILES string of the molecule is C=C(C(=O)OC)[C@H](CCC)NS(=O)c1ccc(C)cc1. The summed E-state index contributed by atoms with van der Waals surface area (Å²) in [7, 11) is -0.0680. The lowest BCUT2D eigenvalue weighted by Crippen LogP contribution is -2.35. The Morgan fingerprint density at radius 2 is 2.00 bits per heavy atom. The Morgan fingerprint density at radius 1 is 1.40 bits per heavy atom. The maximum atomic E-state index is 12.3. The number of carbonyl (C=O) groups excluding carboxylic acids is 1. The summed E-state index contributed by atoms with van der Waals surface area (Å²) in [6, 6.07) is 7.07. The van der Waals surface area contributed by atoms with Gasteiger partial charge in [-0.25, -0.2) is 13.7 Å². The number of carbonyl (C=O) groups is 1. The Hall–Kier alpha value is -1.46. The van der Waals surface area contributed by atoms with Crippen LogP contribution in [0.15, 0.2) is 41.3 Å². The fraction of sp³-hybridized carbons (Fsp3) is 0.400. The van der Waals surface area contributed by atoms with E-state index in [0.29, 0.717) is 16.9 Å². The quantitative estimate of drug-likeness (QED) is 0.621. The van der Waals surface area contributed by atoms with Crippen LogP contribution in [0.25, 0.3) is 0 Å². The van der Waals surface area contributed by atoms with Crippen molar-refractivity contribution < 1.29 is 13.7 Å². The number of methoxy groups -OCH3 is 1. The molecule has 0 aliphatic heterocycles. The Morgan fingerprint density at radius 3 is 2.50 bits per heavy atom. The fourth-order valence-corrected chi connectivity index (χ4v) is 2.76. The second-order valence-corrected chi connectivity index (χ2v) is 5.80. The molecule has 0 aliphatic carbocycles. The number of nitrogens with one attached hydrogen (secondary N) is 1. The van der Waals surface area contributed by atoms with Crippen molar-refractivity contribution in [2.45, 2.75) is 37.6 Å². The maximum Gasteiger partial charge on any atom is 0.334 e. The second kappa shape index (κ2) is 7.97. The van der Waals surface area contributed by atoms with E-state index in [1.165, 1.54) is 7.11 Å². The van der Waals surface area contributed by atoms with Crippen LogP contribution in [0.3, 0.4) is 0 Å². The van der Waals surface area contributed by atoms with Crippen molar-refractivity contribution in [1.82, 2.24) is 4.72 Å². The first kappa shape index (κ1) is 16.6. The van der Waals surface area contributed by atoms with E-state index in [-0.39, 0.29) is 6.04 Å². The van der Waals surface area contributed by atoms with Crippen molar-refractivity contribution in [3.63, 3.8) is 0 Å². The summed E-state index contributed by atoms with van der Waals surface area (Å²) in [4.78, 5) is 12.2. The number of hydrogen-bond acceptors (Lipinski definition) is 3. The zero-order valence-electron chi connectivity index (χ0n) is 12.1. The van der Waals surface area contributed by atoms with E-state index >= 15 is 0 Å². The number of hydrogen-bond donors (Lipinski definition) is 1. The van der Waals surface area contributed by atoms with Gasteiger partial charge in [0.1, 0.15) is 11.0 Å². The highest BCUT2D eigenvalue weighted by molar-refractivity contribution is 7.83. The summed E-state index contributed by atoms with van der Waals surface area (Å²) >= 11 is 0. The lowest BCUT2D eigenvalue weighted by atomic mass is 10.1. The molecule has 0 fully saturated rings. The molecule has 0 spiro atoms. The number of aryl methyl sites for hydroxylation is 1. The molecule has 1 unspecified atom stereocenters. The molecule has 0 saturated carbocycles. The number of benzene rings is 1. The molecule has 1 aromatic rings. The zero-order valence-corrected chi connectivity index (χ0v) is 13.0. The first-order chi connectivity index (χ1) is 9.49. The molecule has 0 amide bonds. The third-order valence-corrected chi connectivity index (χ3v) is 4.13. The molecule has 0 bridgehead atoms. The van der Waals surface area contributed by atoms with Gasteiger partial charge in [0.2, 0.25) is 0 Å². The zero-order chi connectivity index (χ0) is 15.1. The summed E-state index contributed by atoms with van der Waals surface area (Å²) in [5.74, 6) is -0.475. The van der Waals surface area contributed by atoms with Crippen LogP contribution < -0.4 is 4.72 Å². The van der Waals surface area contributed by atoms with Gasteiger partial charge in [-0.3, -0.25) is 0 Å². The highest BCUT2D eigenvalue weighted by Crippen LogP contribution is 2.13. The molecule has 0 heterocycles. The van der Waals surface area contributed by atoms with Gasteiger partial charge in [-0.1, -0.05) is 37.6 Å². The number of rotatable bonds is 7. The summed E-state index contributed by atoms with van der Waals surface area (Å²) in [6.45, 7) is 7.70. The average Bonchev–Trinajstić information content (AvgIpc) is 2.45. The van der Waals surface area contributed by atoms with Crippen LogP contribution in [-0.2, 0) is 20.5 Å². The molecule has 4 nitrogen and oxygen atoms in total. The molecule has 1 aromatic carbocycles. The van der Waals surface area contributed by atoms with Crippen molar-refractivity contribution in [2.75, 3.05) is 7.11 Å². The van der Waals surface area contributed by atoms with Gasteiger partial charge in [-0.05, 0) is 25.5 Å². The Labute approximate surface area is 122 Å². The van der Waals surface area contributed by atoms with Crippen molar-refractivity contribution in [2.24, 2.45) is 0 Å². The van der Waals surface area contributed by atoms with Crippen LogP contribution in [0, 0.1) is 6.92 Å². The van der Waals surface area contributed by atoms with E-state index in [4.69, 9.17) is 0 Å². The van der Waals surface area contributed by atoms with Gasteiger partial charge >= 0.3 is 5.97 Å². The van der Waals surface area contributed by atoms with Crippen molar-refractivity contribution in [3.8, 4) is 0 Å². The van der Waals surface area contributed by atoms with E-state index in [1.807, 2.05) is 38.1 Å². The minimum Gasteiger partial charge on any atom is -0.466 e. The summed E-state index contributed by atoms with van der Waals surface area (Å²) in [5, 5.41) is 0. The molecule has 0 aromatic heterocycles. The number of ether oxygens (including phenoxy) is 1. The Kier molecular flexibility index (Phi) is 6.61. The van der Waals surface area contributed by atoms with E-state index in [0.717, 1.165) is 12.0 Å². The lowest BCUT2D eigenvalue weighted by molar-refractivity contribution is -0.136. The maximum absolute atomic E-state index is 12.3. The van der Waals surface area contributed by atoms with Crippen LogP contribution in [0.1, 0.15) is 25.3 Å². The Balaban J connectivity index is 2.79. The molecule has 1 rings (SSSR count). The molecule has 2 atom stereocenters. The van der Waals surface area contributed by atoms with Gasteiger partial charge in [-0.15, -0.1) is 0 Å². The smallest absolute Gasteiger partial charge is 0.334 e. The predicted octanol–water partition coefficient (Wildman–Crippen LogP) is 2.51. The van der Waals surface area contributed by atoms with Gasteiger partial charge in [0, 0.05) is 5.57 Å². The first-order valence-corrected chi connectivity index (χ1v) is 7.66. The molecule has 1 N–H and O–H groups in total. The topological polar surface area (TPSA) is 55.4 Å². The molecule has 110 valence electrons. The monoisotopic (exact) mass is 295 g/mol. The van der Waals surface area contributed by atoms with E-state index in [9.17, 15) is 9.00 Å². The van der Waals surface area contributed by atoms with Crippen LogP contribution in [0.2, 0.25) is 0 Å². The second-order valence-electron chi connectivity index (χ2n) is 4.56. The third-order valence-electron chi connectivity index (χ3n) is 2.93. The van der Waals surface area contributed by atoms with Crippen molar-refractivity contribution >= 4 is 17.0 Å². The lowest BCUT2D eigenvalue weighted by Gasteiger charge is -2.18. The first-order valence-electron chi connectivity index (χ1n) is 6.51. The third kappa shape index (κ3) is 4.58. The summed E-state index contributed by atoms with van der Waals surface area (Å²) < 4.78 is 19.9. The standard InChI is InChI=1S/C15H21NO3S/c1-5-6-14(12(3)15(17)19-4)16-20(18)13-9-7-11(2)8-10-13/h7-10,14,16H,3,5-6H2,1-2,4H3/t14-,20?/m0/s1. The molecule has 0 aliphatic rings. The van der Waals surface area contributed by atoms with Gasteiger partial charge in [-0.2, -0.15) is 0 Å². The normalized spacial score (nSPS) is 13.6. The van der Waals surface area contributed by atoms with Crippen molar-refractivity contribution in [3.05, 3.63) is 42.0 Å². The minimum absolute atomic E-state index is 0.301. The summed E-state index contributed by atoms with van der Waals surface area (Å²) in [6.07, 6.45) is 1.52. The highest BCUT2D eigenvalue weighted by Gasteiger charge is 2.21. The molecule has 5 heteroatoms. The minimum atomic E-state index is -1.38. The molecular weight excluding hydrogens is 274 g/mol.